The van der Waals surface area contributed by atoms with Crippen molar-refractivity contribution in [1.82, 2.24) is 5.32 Å². The molecule has 104 valence electrons. The van der Waals surface area contributed by atoms with Crippen LogP contribution in [-0.2, 0) is 4.79 Å². The Labute approximate surface area is 114 Å². The van der Waals surface area contributed by atoms with Crippen LogP contribution in [0, 0.1) is 0 Å². The molecule has 1 amide bonds. The normalized spacial score (nSPS) is 10.1. The lowest BCUT2D eigenvalue weighted by Crippen LogP contribution is -2.34. The van der Waals surface area contributed by atoms with Gasteiger partial charge in [-0.1, -0.05) is 18.7 Å². The summed E-state index contributed by atoms with van der Waals surface area (Å²) in [5, 5.41) is 5.90. The lowest BCUT2D eigenvalue weighted by atomic mass is 10.3. The number of hydrogen-bond acceptors (Lipinski definition) is 3. The van der Waals surface area contributed by atoms with Gasteiger partial charge in [0.05, 0.1) is 12.2 Å². The van der Waals surface area contributed by atoms with Gasteiger partial charge in [0.25, 0.3) is 0 Å². The summed E-state index contributed by atoms with van der Waals surface area (Å²) in [6.45, 7) is 10.3. The molecule has 0 aliphatic heterocycles. The first-order valence-corrected chi connectivity index (χ1v) is 6.38. The van der Waals surface area contributed by atoms with Crippen LogP contribution in [0.15, 0.2) is 36.4 Å². The molecule has 19 heavy (non-hydrogen) atoms. The van der Waals surface area contributed by atoms with Gasteiger partial charge in [-0.2, -0.15) is 0 Å². The predicted octanol–water partition coefficient (Wildman–Crippen LogP) is 2.58. The van der Waals surface area contributed by atoms with E-state index >= 15 is 0 Å². The highest BCUT2D eigenvalue weighted by atomic mass is 16.5. The molecule has 0 heterocycles. The molecule has 0 bridgehead atoms. The van der Waals surface area contributed by atoms with Crippen molar-refractivity contribution in [2.75, 3.05) is 18.5 Å². The molecule has 0 atom stereocenters. The number of ether oxygens (including phenoxy) is 1. The first-order valence-electron chi connectivity index (χ1n) is 6.38. The number of hydrogen-bond donors (Lipinski definition) is 2. The second kappa shape index (κ2) is 7.46. The number of carbonyl (C=O) groups excluding carboxylic acids is 1. The van der Waals surface area contributed by atoms with Crippen molar-refractivity contribution >= 4 is 11.6 Å². The maximum absolute atomic E-state index is 11.6. The monoisotopic (exact) mass is 262 g/mol. The summed E-state index contributed by atoms with van der Waals surface area (Å²) in [7, 11) is 0. The SMILES string of the molecule is C=C(C)COc1ccccc1NCC(=O)NC(C)C. The van der Waals surface area contributed by atoms with Crippen molar-refractivity contribution in [3.63, 3.8) is 0 Å². The highest BCUT2D eigenvalue weighted by Crippen LogP contribution is 2.23. The highest BCUT2D eigenvalue weighted by Gasteiger charge is 2.06. The van der Waals surface area contributed by atoms with E-state index in [9.17, 15) is 4.79 Å². The molecule has 0 aromatic heterocycles. The van der Waals surface area contributed by atoms with Crippen LogP contribution in [0.4, 0.5) is 5.69 Å². The van der Waals surface area contributed by atoms with E-state index < -0.39 is 0 Å². The molecular weight excluding hydrogens is 240 g/mol. The number of carbonyl (C=O) groups is 1. The second-order valence-electron chi connectivity index (χ2n) is 4.82. The predicted molar refractivity (Wildman–Crippen MR) is 78.5 cm³/mol. The fourth-order valence-electron chi connectivity index (χ4n) is 1.49. The Bertz CT molecular complexity index is 442. The van der Waals surface area contributed by atoms with Crippen LogP contribution in [0.3, 0.4) is 0 Å². The number of benzene rings is 1. The topological polar surface area (TPSA) is 50.4 Å². The second-order valence-corrected chi connectivity index (χ2v) is 4.82. The van der Waals surface area contributed by atoms with Crippen molar-refractivity contribution < 1.29 is 9.53 Å². The van der Waals surface area contributed by atoms with Gasteiger partial charge in [-0.05, 0) is 38.5 Å². The van der Waals surface area contributed by atoms with Crippen LogP contribution in [0.5, 0.6) is 5.75 Å². The minimum absolute atomic E-state index is 0.0373. The van der Waals surface area contributed by atoms with Crippen LogP contribution in [0.25, 0.3) is 0 Å². The van der Waals surface area contributed by atoms with E-state index in [-0.39, 0.29) is 18.5 Å². The Morgan fingerprint density at radius 1 is 1.37 bits per heavy atom. The van der Waals surface area contributed by atoms with Gasteiger partial charge in [-0.15, -0.1) is 0 Å². The summed E-state index contributed by atoms with van der Waals surface area (Å²) in [6, 6.07) is 7.69. The summed E-state index contributed by atoms with van der Waals surface area (Å²) in [4.78, 5) is 11.6. The number of anilines is 1. The lowest BCUT2D eigenvalue weighted by molar-refractivity contribution is -0.119. The number of para-hydroxylation sites is 2. The van der Waals surface area contributed by atoms with Gasteiger partial charge in [0, 0.05) is 6.04 Å². The molecule has 0 spiro atoms. The Morgan fingerprint density at radius 2 is 2.05 bits per heavy atom. The maximum Gasteiger partial charge on any atom is 0.239 e. The molecule has 0 unspecified atom stereocenters. The van der Waals surface area contributed by atoms with Gasteiger partial charge in [-0.3, -0.25) is 4.79 Å². The molecule has 0 fully saturated rings. The van der Waals surface area contributed by atoms with Crippen LogP contribution < -0.4 is 15.4 Å². The van der Waals surface area contributed by atoms with E-state index in [2.05, 4.69) is 17.2 Å². The number of amides is 1. The number of nitrogens with one attached hydrogen (secondary N) is 2. The van der Waals surface area contributed by atoms with Gasteiger partial charge in [0.1, 0.15) is 12.4 Å². The molecule has 0 saturated carbocycles. The molecule has 0 aliphatic rings. The van der Waals surface area contributed by atoms with Gasteiger partial charge in [-0.25, -0.2) is 0 Å². The van der Waals surface area contributed by atoms with Crippen molar-refractivity contribution in [3.8, 4) is 5.75 Å². The zero-order valence-electron chi connectivity index (χ0n) is 11.8. The Kier molecular flexibility index (Phi) is 5.93. The standard InChI is InChI=1S/C15H22N2O2/c1-11(2)10-19-14-8-6-5-7-13(14)16-9-15(18)17-12(3)4/h5-8,12,16H,1,9-10H2,2-4H3,(H,17,18). The third-order valence-electron chi connectivity index (χ3n) is 2.25. The third kappa shape index (κ3) is 5.95. The van der Waals surface area contributed by atoms with Gasteiger partial charge >= 0.3 is 0 Å². The summed E-state index contributed by atoms with van der Waals surface area (Å²) in [5.74, 6) is 0.688. The molecule has 1 aromatic rings. The summed E-state index contributed by atoms with van der Waals surface area (Å²) in [6.07, 6.45) is 0. The third-order valence-corrected chi connectivity index (χ3v) is 2.25. The van der Waals surface area contributed by atoms with Gasteiger partial charge in [0.15, 0.2) is 0 Å². The molecule has 0 aliphatic carbocycles. The molecule has 4 heteroatoms. The van der Waals surface area contributed by atoms with Crippen LogP contribution in [0.1, 0.15) is 20.8 Å². The first kappa shape index (κ1) is 15.1. The van der Waals surface area contributed by atoms with Crippen molar-refractivity contribution in [1.29, 1.82) is 0 Å². The molecule has 4 nitrogen and oxygen atoms in total. The van der Waals surface area contributed by atoms with Crippen LogP contribution in [-0.4, -0.2) is 25.1 Å². The zero-order valence-corrected chi connectivity index (χ0v) is 11.8. The Morgan fingerprint density at radius 3 is 2.68 bits per heavy atom. The van der Waals surface area contributed by atoms with Crippen molar-refractivity contribution in [2.24, 2.45) is 0 Å². The van der Waals surface area contributed by atoms with Crippen LogP contribution in [0.2, 0.25) is 0 Å². The van der Waals surface area contributed by atoms with Crippen LogP contribution >= 0.6 is 0 Å². The maximum atomic E-state index is 11.6. The summed E-state index contributed by atoms with van der Waals surface area (Å²) in [5.41, 5.74) is 1.76. The first-order chi connectivity index (χ1) is 8.99. The van der Waals surface area contributed by atoms with E-state index in [4.69, 9.17) is 4.74 Å². The molecule has 1 rings (SSSR count). The molecule has 1 aromatic carbocycles. The minimum Gasteiger partial charge on any atom is -0.487 e. The average Bonchev–Trinajstić information content (AvgIpc) is 2.34. The van der Waals surface area contributed by atoms with Crippen molar-refractivity contribution in [2.45, 2.75) is 26.8 Å². The summed E-state index contributed by atoms with van der Waals surface area (Å²) >= 11 is 0. The molecule has 0 radical (unpaired) electrons. The number of rotatable bonds is 7. The van der Waals surface area contributed by atoms with E-state index in [1.165, 1.54) is 0 Å². The smallest absolute Gasteiger partial charge is 0.239 e. The van der Waals surface area contributed by atoms with Gasteiger partial charge in [0.2, 0.25) is 5.91 Å². The van der Waals surface area contributed by atoms with E-state index in [1.807, 2.05) is 45.0 Å². The lowest BCUT2D eigenvalue weighted by Gasteiger charge is -2.14. The van der Waals surface area contributed by atoms with E-state index in [0.29, 0.717) is 6.61 Å². The fraction of sp³-hybridized carbons (Fsp3) is 0.400. The summed E-state index contributed by atoms with van der Waals surface area (Å²) < 4.78 is 5.62. The van der Waals surface area contributed by atoms with Crippen molar-refractivity contribution in [3.05, 3.63) is 36.4 Å². The molecular formula is C15H22N2O2. The minimum atomic E-state index is -0.0373. The average molecular weight is 262 g/mol. The largest absolute Gasteiger partial charge is 0.487 e. The molecule has 0 saturated heterocycles. The highest BCUT2D eigenvalue weighted by molar-refractivity contribution is 5.81. The Hall–Kier alpha value is -1.97. The van der Waals surface area contributed by atoms with Gasteiger partial charge < -0.3 is 15.4 Å². The quantitative estimate of drug-likeness (QED) is 0.743. The molecule has 2 N–H and O–H groups in total. The van der Waals surface area contributed by atoms with E-state index in [0.717, 1.165) is 17.0 Å². The van der Waals surface area contributed by atoms with E-state index in [1.54, 1.807) is 0 Å². The Balaban J connectivity index is 2.57. The fourth-order valence-corrected chi connectivity index (χ4v) is 1.49. The zero-order chi connectivity index (χ0) is 14.3.